The summed E-state index contributed by atoms with van der Waals surface area (Å²) in [5.41, 5.74) is 4.00. The van der Waals surface area contributed by atoms with Gasteiger partial charge >= 0.3 is 5.97 Å². The van der Waals surface area contributed by atoms with Gasteiger partial charge in [0.2, 0.25) is 0 Å². The van der Waals surface area contributed by atoms with Crippen molar-refractivity contribution < 1.29 is 9.90 Å². The first-order valence-electron chi connectivity index (χ1n) is 12.8. The zero-order valence-electron chi connectivity index (χ0n) is 20.2. The highest BCUT2D eigenvalue weighted by Crippen LogP contribution is 2.48. The van der Waals surface area contributed by atoms with Gasteiger partial charge in [-0.1, -0.05) is 136 Å². The number of aliphatic carboxylic acids is 1. The van der Waals surface area contributed by atoms with Gasteiger partial charge in [-0.25, -0.2) is 0 Å². The highest BCUT2D eigenvalue weighted by Gasteiger charge is 2.36. The first kappa shape index (κ1) is 26.1. The quantitative estimate of drug-likeness (QED) is 0.167. The molecule has 0 aliphatic heterocycles. The Balaban J connectivity index is 1.55. The molecule has 2 nitrogen and oxygen atoms in total. The first-order chi connectivity index (χ1) is 16.7. The fourth-order valence-corrected chi connectivity index (χ4v) is 6.17. The zero-order valence-corrected chi connectivity index (χ0v) is 21.0. The van der Waals surface area contributed by atoms with Crippen LogP contribution in [0.15, 0.2) is 91.0 Å². The third-order valence-electron chi connectivity index (χ3n) is 6.39. The number of unbranched alkanes of at least 4 members (excludes halogenated alkanes) is 8. The van der Waals surface area contributed by atoms with Gasteiger partial charge in [-0.15, -0.1) is 11.8 Å². The molecule has 0 bridgehead atoms. The molecule has 0 heterocycles. The molecule has 0 atom stereocenters. The van der Waals surface area contributed by atoms with Gasteiger partial charge < -0.3 is 5.11 Å². The van der Waals surface area contributed by atoms with E-state index in [0.717, 1.165) is 25.0 Å². The van der Waals surface area contributed by atoms with Gasteiger partial charge in [0.05, 0.1) is 4.75 Å². The lowest BCUT2D eigenvalue weighted by Gasteiger charge is -2.35. The van der Waals surface area contributed by atoms with Crippen molar-refractivity contribution in [1.29, 1.82) is 0 Å². The van der Waals surface area contributed by atoms with Gasteiger partial charge in [0, 0.05) is 6.42 Å². The van der Waals surface area contributed by atoms with Crippen LogP contribution < -0.4 is 0 Å². The first-order valence-corrected chi connectivity index (χ1v) is 13.7. The second-order valence-corrected chi connectivity index (χ2v) is 10.3. The zero-order chi connectivity index (χ0) is 23.9. The van der Waals surface area contributed by atoms with Crippen LogP contribution in [0.5, 0.6) is 0 Å². The number of carbonyl (C=O) groups is 1. The molecule has 0 unspecified atom stereocenters. The van der Waals surface area contributed by atoms with E-state index in [1.165, 1.54) is 55.2 Å². The van der Waals surface area contributed by atoms with Gasteiger partial charge in [0.25, 0.3) is 0 Å². The molecule has 0 spiro atoms. The highest BCUT2D eigenvalue weighted by molar-refractivity contribution is 8.00. The number of benzene rings is 3. The number of rotatable bonds is 16. The maximum absolute atomic E-state index is 10.6. The summed E-state index contributed by atoms with van der Waals surface area (Å²) in [7, 11) is 0. The van der Waals surface area contributed by atoms with E-state index in [9.17, 15) is 4.79 Å². The summed E-state index contributed by atoms with van der Waals surface area (Å²) in [4.78, 5) is 10.6. The van der Waals surface area contributed by atoms with E-state index in [1.807, 2.05) is 0 Å². The minimum Gasteiger partial charge on any atom is -0.481 e. The normalized spacial score (nSPS) is 11.4. The summed E-state index contributed by atoms with van der Waals surface area (Å²) >= 11 is 2.06. The minimum atomic E-state index is -0.673. The second kappa shape index (κ2) is 14.7. The van der Waals surface area contributed by atoms with Gasteiger partial charge in [0.1, 0.15) is 0 Å². The molecular formula is C31H38O2S. The fraction of sp³-hybridized carbons (Fsp3) is 0.387. The largest absolute Gasteiger partial charge is 0.481 e. The van der Waals surface area contributed by atoms with Crippen molar-refractivity contribution in [3.63, 3.8) is 0 Å². The summed E-state index contributed by atoms with van der Waals surface area (Å²) in [5, 5.41) is 8.70. The van der Waals surface area contributed by atoms with Crippen molar-refractivity contribution in [3.8, 4) is 0 Å². The Morgan fingerprint density at radius 2 is 0.912 bits per heavy atom. The van der Waals surface area contributed by atoms with Crippen LogP contribution in [-0.2, 0) is 9.54 Å². The molecule has 3 aromatic carbocycles. The van der Waals surface area contributed by atoms with Crippen molar-refractivity contribution in [2.45, 2.75) is 69.0 Å². The van der Waals surface area contributed by atoms with Gasteiger partial charge in [0.15, 0.2) is 0 Å². The van der Waals surface area contributed by atoms with E-state index >= 15 is 0 Å². The lowest BCUT2D eigenvalue weighted by Crippen LogP contribution is -2.26. The molecule has 3 heteroatoms. The predicted octanol–water partition coefficient (Wildman–Crippen LogP) is 8.70. The molecule has 0 fully saturated rings. The van der Waals surface area contributed by atoms with E-state index < -0.39 is 5.97 Å². The SMILES string of the molecule is O=C(O)CCCCCCCCCCCSC(c1ccccc1)(c1ccccc1)c1ccccc1. The molecule has 0 aliphatic carbocycles. The molecule has 0 radical (unpaired) electrons. The molecule has 180 valence electrons. The van der Waals surface area contributed by atoms with Crippen LogP contribution in [0.3, 0.4) is 0 Å². The van der Waals surface area contributed by atoms with Crippen LogP contribution in [0, 0.1) is 0 Å². The van der Waals surface area contributed by atoms with E-state index in [0.29, 0.717) is 6.42 Å². The number of thioether (sulfide) groups is 1. The van der Waals surface area contributed by atoms with Crippen molar-refractivity contribution in [2.75, 3.05) is 5.75 Å². The second-order valence-electron chi connectivity index (χ2n) is 8.95. The Bertz CT molecular complexity index is 844. The smallest absolute Gasteiger partial charge is 0.303 e. The Morgan fingerprint density at radius 1 is 0.559 bits per heavy atom. The molecule has 0 aliphatic rings. The lowest BCUT2D eigenvalue weighted by molar-refractivity contribution is -0.137. The number of carboxylic acids is 1. The average Bonchev–Trinajstić information content (AvgIpc) is 2.88. The molecular weight excluding hydrogens is 436 g/mol. The van der Waals surface area contributed by atoms with Crippen molar-refractivity contribution in [3.05, 3.63) is 108 Å². The lowest BCUT2D eigenvalue weighted by atomic mass is 9.84. The number of hydrogen-bond donors (Lipinski definition) is 1. The fourth-order valence-electron chi connectivity index (χ4n) is 4.61. The molecule has 0 aromatic heterocycles. The van der Waals surface area contributed by atoms with Crippen LogP contribution in [0.25, 0.3) is 0 Å². The maximum Gasteiger partial charge on any atom is 0.303 e. The third kappa shape index (κ3) is 7.77. The molecule has 3 rings (SSSR count). The summed E-state index contributed by atoms with van der Waals surface area (Å²) in [6.07, 6.45) is 10.9. The van der Waals surface area contributed by atoms with E-state index in [-0.39, 0.29) is 4.75 Å². The molecule has 3 aromatic rings. The summed E-state index contributed by atoms with van der Waals surface area (Å²) in [6, 6.07) is 32.8. The highest BCUT2D eigenvalue weighted by atomic mass is 32.2. The van der Waals surface area contributed by atoms with Crippen LogP contribution in [-0.4, -0.2) is 16.8 Å². The molecule has 0 saturated heterocycles. The molecule has 34 heavy (non-hydrogen) atoms. The summed E-state index contributed by atoms with van der Waals surface area (Å²) < 4.78 is -0.209. The average molecular weight is 475 g/mol. The standard InChI is InChI=1S/C31H38O2S/c32-30(33)25-17-6-4-2-1-3-5-7-18-26-34-31(27-19-11-8-12-20-27,28-21-13-9-14-22-28)29-23-15-10-16-24-29/h8-16,19-24H,1-7,17-18,25-26H2,(H,32,33). The van der Waals surface area contributed by atoms with Gasteiger partial charge in [-0.2, -0.15) is 0 Å². The number of carboxylic acid groups (broad SMARTS) is 1. The van der Waals surface area contributed by atoms with Crippen LogP contribution >= 0.6 is 11.8 Å². The minimum absolute atomic E-state index is 0.209. The van der Waals surface area contributed by atoms with Crippen molar-refractivity contribution in [1.82, 2.24) is 0 Å². The maximum atomic E-state index is 10.6. The van der Waals surface area contributed by atoms with E-state index in [1.54, 1.807) is 0 Å². The van der Waals surface area contributed by atoms with Crippen LogP contribution in [0.2, 0.25) is 0 Å². The predicted molar refractivity (Wildman–Crippen MR) is 145 cm³/mol. The monoisotopic (exact) mass is 474 g/mol. The third-order valence-corrected chi connectivity index (χ3v) is 8.03. The summed E-state index contributed by atoms with van der Waals surface area (Å²) in [5.74, 6) is 0.446. The van der Waals surface area contributed by atoms with E-state index in [2.05, 4.69) is 103 Å². The molecule has 0 saturated carbocycles. The van der Waals surface area contributed by atoms with E-state index in [4.69, 9.17) is 5.11 Å². The molecule has 1 N–H and O–H groups in total. The summed E-state index contributed by atoms with van der Waals surface area (Å²) in [6.45, 7) is 0. The van der Waals surface area contributed by atoms with Gasteiger partial charge in [-0.3, -0.25) is 4.79 Å². The Hall–Kier alpha value is -2.52. The number of hydrogen-bond acceptors (Lipinski definition) is 2. The van der Waals surface area contributed by atoms with Crippen molar-refractivity contribution in [2.24, 2.45) is 0 Å². The van der Waals surface area contributed by atoms with Crippen molar-refractivity contribution >= 4 is 17.7 Å². The topological polar surface area (TPSA) is 37.3 Å². The molecule has 0 amide bonds. The Morgan fingerprint density at radius 3 is 1.29 bits per heavy atom. The Kier molecular flexibility index (Phi) is 11.3. The van der Waals surface area contributed by atoms with Gasteiger partial charge in [-0.05, 0) is 35.3 Å². The Labute approximate surface area is 209 Å². The van der Waals surface area contributed by atoms with Crippen LogP contribution in [0.4, 0.5) is 0 Å². The van der Waals surface area contributed by atoms with Crippen LogP contribution in [0.1, 0.15) is 80.9 Å².